The molecule has 3 rings (SSSR count). The second-order valence-electron chi connectivity index (χ2n) is 8.26. The first-order chi connectivity index (χ1) is 15.2. The molecule has 0 bridgehead atoms. The molecular formula is C27H29NO4. The molecule has 1 aromatic heterocycles. The van der Waals surface area contributed by atoms with Crippen LogP contribution in [0, 0.1) is 34.6 Å². The zero-order chi connectivity index (χ0) is 23.4. The minimum atomic E-state index is -0.554. The maximum absolute atomic E-state index is 12.7. The summed E-state index contributed by atoms with van der Waals surface area (Å²) in [6, 6.07) is 15.2. The van der Waals surface area contributed by atoms with Crippen LogP contribution in [-0.2, 0) is 9.53 Å². The van der Waals surface area contributed by atoms with Crippen molar-refractivity contribution in [3.8, 4) is 5.69 Å². The Kier molecular flexibility index (Phi) is 7.08. The van der Waals surface area contributed by atoms with E-state index in [0.717, 1.165) is 22.6 Å². The minimum absolute atomic E-state index is 0.0529. The van der Waals surface area contributed by atoms with Crippen LogP contribution < -0.4 is 0 Å². The number of hydrogen-bond donors (Lipinski definition) is 0. The van der Waals surface area contributed by atoms with Crippen LogP contribution in [-0.4, -0.2) is 28.7 Å². The summed E-state index contributed by atoms with van der Waals surface area (Å²) >= 11 is 0. The molecule has 5 heteroatoms. The molecule has 0 N–H and O–H groups in total. The molecular weight excluding hydrogens is 402 g/mol. The van der Waals surface area contributed by atoms with Gasteiger partial charge in [-0.15, -0.1) is 0 Å². The van der Waals surface area contributed by atoms with Gasteiger partial charge in [-0.2, -0.15) is 0 Å². The molecule has 0 saturated heterocycles. The largest absolute Gasteiger partial charge is 0.457 e. The normalized spacial score (nSPS) is 10.8. The fraction of sp³-hybridized carbons (Fsp3) is 0.296. The number of ketones is 2. The molecule has 0 aliphatic rings. The zero-order valence-corrected chi connectivity index (χ0v) is 19.3. The van der Waals surface area contributed by atoms with E-state index in [-0.39, 0.29) is 31.0 Å². The van der Waals surface area contributed by atoms with Crippen molar-refractivity contribution in [1.29, 1.82) is 0 Å². The number of nitrogens with zero attached hydrogens (tertiary/aromatic N) is 1. The molecule has 0 atom stereocenters. The predicted octanol–water partition coefficient (Wildman–Crippen LogP) is 5.41. The molecule has 0 saturated carbocycles. The summed E-state index contributed by atoms with van der Waals surface area (Å²) in [6.07, 6.45) is -0.000965. The van der Waals surface area contributed by atoms with Gasteiger partial charge in [-0.25, -0.2) is 0 Å². The van der Waals surface area contributed by atoms with E-state index in [1.54, 1.807) is 12.1 Å². The first-order valence-electron chi connectivity index (χ1n) is 10.7. The average molecular weight is 432 g/mol. The van der Waals surface area contributed by atoms with Crippen molar-refractivity contribution in [1.82, 2.24) is 4.57 Å². The summed E-state index contributed by atoms with van der Waals surface area (Å²) in [5.74, 6) is -0.932. The Morgan fingerprint density at radius 2 is 1.47 bits per heavy atom. The van der Waals surface area contributed by atoms with Crippen LogP contribution in [0.4, 0.5) is 0 Å². The van der Waals surface area contributed by atoms with E-state index < -0.39 is 5.97 Å². The Labute approximate surface area is 189 Å². The lowest BCUT2D eigenvalue weighted by atomic mass is 10.1. The van der Waals surface area contributed by atoms with Gasteiger partial charge in [-0.3, -0.25) is 14.4 Å². The lowest BCUT2D eigenvalue weighted by Gasteiger charge is -2.12. The van der Waals surface area contributed by atoms with Crippen molar-refractivity contribution < 1.29 is 19.1 Å². The highest BCUT2D eigenvalue weighted by Gasteiger charge is 2.19. The minimum Gasteiger partial charge on any atom is -0.457 e. The lowest BCUT2D eigenvalue weighted by molar-refractivity contribution is -0.142. The first kappa shape index (κ1) is 23.2. The SMILES string of the molecule is Cc1ccc(C(=O)CCC(=O)OCC(=O)c2cc(C)n(-c3ccc(C)c(C)c3)c2C)cc1. The van der Waals surface area contributed by atoms with Crippen molar-refractivity contribution in [2.24, 2.45) is 0 Å². The van der Waals surface area contributed by atoms with Crippen molar-refractivity contribution in [2.45, 2.75) is 47.5 Å². The standard InChI is InChI=1S/C27H29NO4/c1-17-6-9-22(10-7-17)25(29)12-13-27(31)32-16-26(30)24-15-20(4)28(21(24)5)23-11-8-18(2)19(3)14-23/h6-11,14-15H,12-13,16H2,1-5H3. The van der Waals surface area contributed by atoms with Crippen molar-refractivity contribution in [2.75, 3.05) is 6.61 Å². The van der Waals surface area contributed by atoms with Gasteiger partial charge in [0.15, 0.2) is 12.4 Å². The predicted molar refractivity (Wildman–Crippen MR) is 125 cm³/mol. The molecule has 0 fully saturated rings. The number of benzene rings is 2. The molecule has 3 aromatic rings. The Morgan fingerprint density at radius 1 is 0.781 bits per heavy atom. The number of ether oxygens (including phenoxy) is 1. The molecule has 0 unspecified atom stereocenters. The van der Waals surface area contributed by atoms with E-state index >= 15 is 0 Å². The fourth-order valence-electron chi connectivity index (χ4n) is 3.70. The summed E-state index contributed by atoms with van der Waals surface area (Å²) in [7, 11) is 0. The van der Waals surface area contributed by atoms with E-state index in [1.807, 2.05) is 49.6 Å². The van der Waals surface area contributed by atoms with E-state index in [1.165, 1.54) is 11.1 Å². The molecule has 0 radical (unpaired) electrons. The molecule has 0 aliphatic heterocycles. The van der Waals surface area contributed by atoms with Crippen molar-refractivity contribution in [3.05, 3.63) is 87.7 Å². The van der Waals surface area contributed by atoms with Crippen LogP contribution in [0.15, 0.2) is 48.5 Å². The zero-order valence-electron chi connectivity index (χ0n) is 19.3. The topological polar surface area (TPSA) is 65.4 Å². The highest BCUT2D eigenvalue weighted by molar-refractivity contribution is 6.00. The maximum atomic E-state index is 12.7. The lowest BCUT2D eigenvalue weighted by Crippen LogP contribution is -2.15. The first-order valence-corrected chi connectivity index (χ1v) is 10.7. The van der Waals surface area contributed by atoms with E-state index in [2.05, 4.69) is 26.0 Å². The number of hydrogen-bond acceptors (Lipinski definition) is 4. The van der Waals surface area contributed by atoms with E-state index in [4.69, 9.17) is 4.74 Å². The third-order valence-electron chi connectivity index (χ3n) is 5.77. The van der Waals surface area contributed by atoms with E-state index in [0.29, 0.717) is 11.1 Å². The van der Waals surface area contributed by atoms with Crippen molar-refractivity contribution >= 4 is 17.5 Å². The third kappa shape index (κ3) is 5.22. The molecule has 5 nitrogen and oxygen atoms in total. The number of aryl methyl sites for hydroxylation is 4. The fourth-order valence-corrected chi connectivity index (χ4v) is 3.70. The molecule has 32 heavy (non-hydrogen) atoms. The van der Waals surface area contributed by atoms with Gasteiger partial charge in [0.1, 0.15) is 0 Å². The molecule has 0 aliphatic carbocycles. The van der Waals surface area contributed by atoms with Gasteiger partial charge in [-0.05, 0) is 63.9 Å². The Balaban J connectivity index is 1.60. The van der Waals surface area contributed by atoms with Gasteiger partial charge in [-0.1, -0.05) is 35.9 Å². The molecule has 0 amide bonds. The number of rotatable bonds is 8. The second-order valence-corrected chi connectivity index (χ2v) is 8.26. The van der Waals surface area contributed by atoms with Crippen molar-refractivity contribution in [3.63, 3.8) is 0 Å². The van der Waals surface area contributed by atoms with Gasteiger partial charge in [0.2, 0.25) is 5.78 Å². The van der Waals surface area contributed by atoms with Crippen LogP contribution >= 0.6 is 0 Å². The van der Waals surface area contributed by atoms with Crippen LogP contribution in [0.2, 0.25) is 0 Å². The number of esters is 1. The van der Waals surface area contributed by atoms with Crippen LogP contribution in [0.5, 0.6) is 0 Å². The molecule has 0 spiro atoms. The summed E-state index contributed by atoms with van der Waals surface area (Å²) in [4.78, 5) is 37.0. The summed E-state index contributed by atoms with van der Waals surface area (Å²) in [5.41, 5.74) is 7.29. The third-order valence-corrected chi connectivity index (χ3v) is 5.77. The van der Waals surface area contributed by atoms with Gasteiger partial charge < -0.3 is 9.30 Å². The second kappa shape index (κ2) is 9.77. The number of carbonyl (C=O) groups is 3. The smallest absolute Gasteiger partial charge is 0.306 e. The van der Waals surface area contributed by atoms with Crippen LogP contribution in [0.25, 0.3) is 5.69 Å². The average Bonchev–Trinajstić information content (AvgIpc) is 3.06. The maximum Gasteiger partial charge on any atom is 0.306 e. The molecule has 2 aromatic carbocycles. The number of carbonyl (C=O) groups excluding carboxylic acids is 3. The highest BCUT2D eigenvalue weighted by Crippen LogP contribution is 2.23. The van der Waals surface area contributed by atoms with Gasteiger partial charge in [0.05, 0.1) is 6.42 Å². The molecule has 166 valence electrons. The van der Waals surface area contributed by atoms with Gasteiger partial charge >= 0.3 is 5.97 Å². The monoisotopic (exact) mass is 431 g/mol. The van der Waals surface area contributed by atoms with Gasteiger partial charge in [0.25, 0.3) is 0 Å². The Bertz CT molecular complexity index is 1170. The quantitative estimate of drug-likeness (QED) is 0.353. The summed E-state index contributed by atoms with van der Waals surface area (Å²) in [5, 5.41) is 0. The number of Topliss-reactive ketones (excluding diaryl/α,β-unsaturated/α-hetero) is 2. The Morgan fingerprint density at radius 3 is 2.12 bits per heavy atom. The summed E-state index contributed by atoms with van der Waals surface area (Å²) < 4.78 is 7.19. The van der Waals surface area contributed by atoms with Crippen LogP contribution in [0.3, 0.4) is 0 Å². The molecule has 1 heterocycles. The van der Waals surface area contributed by atoms with E-state index in [9.17, 15) is 14.4 Å². The van der Waals surface area contributed by atoms with Gasteiger partial charge in [0, 0.05) is 34.6 Å². The highest BCUT2D eigenvalue weighted by atomic mass is 16.5. The van der Waals surface area contributed by atoms with Crippen LogP contribution in [0.1, 0.15) is 61.6 Å². The summed E-state index contributed by atoms with van der Waals surface area (Å²) in [6.45, 7) is 9.56. The number of aromatic nitrogens is 1. The Hall–Kier alpha value is -3.47.